The summed E-state index contributed by atoms with van der Waals surface area (Å²) in [6.45, 7) is 1.61. The van der Waals surface area contributed by atoms with Crippen molar-refractivity contribution in [3.8, 4) is 0 Å². The molecule has 5 heteroatoms. The minimum atomic E-state index is 0.122. The van der Waals surface area contributed by atoms with Gasteiger partial charge in [-0.1, -0.05) is 24.3 Å². The van der Waals surface area contributed by atoms with Gasteiger partial charge in [-0.3, -0.25) is 4.79 Å². The van der Waals surface area contributed by atoms with Crippen molar-refractivity contribution in [2.45, 2.75) is 19.3 Å². The van der Waals surface area contributed by atoms with Gasteiger partial charge in [0, 0.05) is 32.2 Å². The van der Waals surface area contributed by atoms with Crippen LogP contribution in [0.5, 0.6) is 0 Å². The van der Waals surface area contributed by atoms with E-state index in [-0.39, 0.29) is 5.91 Å². The molecule has 1 saturated heterocycles. The number of aromatic nitrogens is 2. The van der Waals surface area contributed by atoms with Crippen LogP contribution in [0, 0.1) is 5.92 Å². The number of carbonyl (C=O) groups excluding carboxylic acids is 1. The highest BCUT2D eigenvalue weighted by atomic mass is 16.2. The molecule has 1 aliphatic heterocycles. The summed E-state index contributed by atoms with van der Waals surface area (Å²) in [6.07, 6.45) is 2.98. The average molecular weight is 348 g/mol. The Morgan fingerprint density at radius 1 is 1.15 bits per heavy atom. The van der Waals surface area contributed by atoms with E-state index in [0.717, 1.165) is 60.5 Å². The van der Waals surface area contributed by atoms with Gasteiger partial charge < -0.3 is 15.2 Å². The molecule has 1 aliphatic rings. The molecule has 2 aromatic carbocycles. The van der Waals surface area contributed by atoms with Crippen LogP contribution in [0.15, 0.2) is 48.5 Å². The molecule has 0 saturated carbocycles. The van der Waals surface area contributed by atoms with Gasteiger partial charge in [-0.25, -0.2) is 4.98 Å². The lowest BCUT2D eigenvalue weighted by molar-refractivity contribution is 0.0691. The van der Waals surface area contributed by atoms with E-state index < -0.39 is 0 Å². The van der Waals surface area contributed by atoms with Crippen LogP contribution in [0.25, 0.3) is 11.0 Å². The highest BCUT2D eigenvalue weighted by molar-refractivity contribution is 5.99. The molecule has 0 spiro atoms. The minimum absolute atomic E-state index is 0.122. The maximum atomic E-state index is 12.8. The molecule has 3 aromatic rings. The van der Waals surface area contributed by atoms with Crippen LogP contribution in [0.4, 0.5) is 5.69 Å². The Hall–Kier alpha value is -2.82. The summed E-state index contributed by atoms with van der Waals surface area (Å²) in [5.74, 6) is 1.74. The van der Waals surface area contributed by atoms with E-state index in [1.807, 2.05) is 54.4 Å². The molecule has 0 unspecified atom stereocenters. The van der Waals surface area contributed by atoms with Gasteiger partial charge in [0.05, 0.1) is 16.6 Å². The van der Waals surface area contributed by atoms with Crippen LogP contribution in [-0.4, -0.2) is 40.9 Å². The maximum absolute atomic E-state index is 12.8. The third-order valence-electron chi connectivity index (χ3n) is 5.25. The van der Waals surface area contributed by atoms with Gasteiger partial charge in [0.1, 0.15) is 5.82 Å². The summed E-state index contributed by atoms with van der Waals surface area (Å²) in [6, 6.07) is 15.8. The summed E-state index contributed by atoms with van der Waals surface area (Å²) in [5, 5.41) is 3.11. The lowest BCUT2D eigenvalue weighted by Crippen LogP contribution is -2.39. The zero-order valence-corrected chi connectivity index (χ0v) is 15.0. The Labute approximate surface area is 153 Å². The number of fused-ring (bicyclic) bond motifs is 1. The van der Waals surface area contributed by atoms with Crippen molar-refractivity contribution in [2.24, 2.45) is 5.92 Å². The SMILES string of the molecule is CNc1ccccc1C(=O)N1CCC(Cc2nc3ccccc3[nH]2)CC1. The standard InChI is InChI=1S/C21H24N4O/c1-22-17-7-3-2-6-16(17)21(26)25-12-10-15(11-13-25)14-20-23-18-8-4-5-9-19(18)24-20/h2-9,15,22H,10-14H2,1H3,(H,23,24). The zero-order valence-electron chi connectivity index (χ0n) is 15.0. The van der Waals surface area contributed by atoms with Crippen LogP contribution < -0.4 is 5.32 Å². The number of para-hydroxylation sites is 3. The summed E-state index contributed by atoms with van der Waals surface area (Å²) in [4.78, 5) is 22.9. The molecule has 26 heavy (non-hydrogen) atoms. The Morgan fingerprint density at radius 2 is 1.88 bits per heavy atom. The van der Waals surface area contributed by atoms with E-state index in [9.17, 15) is 4.79 Å². The smallest absolute Gasteiger partial charge is 0.255 e. The highest BCUT2D eigenvalue weighted by Gasteiger charge is 2.25. The number of likely N-dealkylation sites (tertiary alicyclic amines) is 1. The first-order valence-corrected chi connectivity index (χ1v) is 9.24. The van der Waals surface area contributed by atoms with Gasteiger partial charge in [-0.05, 0) is 43.0 Å². The van der Waals surface area contributed by atoms with Crippen LogP contribution in [0.1, 0.15) is 29.0 Å². The third-order valence-corrected chi connectivity index (χ3v) is 5.25. The summed E-state index contributed by atoms with van der Waals surface area (Å²) >= 11 is 0. The van der Waals surface area contributed by atoms with Gasteiger partial charge in [0.15, 0.2) is 0 Å². The highest BCUT2D eigenvalue weighted by Crippen LogP contribution is 2.24. The van der Waals surface area contributed by atoms with Crippen molar-refractivity contribution in [3.63, 3.8) is 0 Å². The molecule has 0 bridgehead atoms. The summed E-state index contributed by atoms with van der Waals surface area (Å²) in [5.41, 5.74) is 3.77. The molecule has 0 radical (unpaired) electrons. The molecule has 1 aromatic heterocycles. The fourth-order valence-corrected chi connectivity index (χ4v) is 3.77. The number of benzene rings is 2. The van der Waals surface area contributed by atoms with Crippen LogP contribution in [-0.2, 0) is 6.42 Å². The molecule has 134 valence electrons. The second-order valence-electron chi connectivity index (χ2n) is 6.94. The molecule has 1 amide bonds. The minimum Gasteiger partial charge on any atom is -0.387 e. The van der Waals surface area contributed by atoms with Gasteiger partial charge in [-0.15, -0.1) is 0 Å². The second-order valence-corrected chi connectivity index (χ2v) is 6.94. The summed E-state index contributed by atoms with van der Waals surface area (Å²) in [7, 11) is 1.85. The van der Waals surface area contributed by atoms with E-state index in [1.165, 1.54) is 0 Å². The quantitative estimate of drug-likeness (QED) is 0.756. The number of rotatable bonds is 4. The number of anilines is 1. The van der Waals surface area contributed by atoms with Crippen LogP contribution >= 0.6 is 0 Å². The molecular weight excluding hydrogens is 324 g/mol. The van der Waals surface area contributed by atoms with E-state index in [4.69, 9.17) is 0 Å². The van der Waals surface area contributed by atoms with Gasteiger partial charge in [0.25, 0.3) is 5.91 Å². The first-order valence-electron chi connectivity index (χ1n) is 9.24. The number of amides is 1. The molecule has 0 atom stereocenters. The van der Waals surface area contributed by atoms with Crippen LogP contribution in [0.2, 0.25) is 0 Å². The fraction of sp³-hybridized carbons (Fsp3) is 0.333. The first-order chi connectivity index (χ1) is 12.7. The predicted octanol–water partition coefficient (Wildman–Crippen LogP) is 3.70. The van der Waals surface area contributed by atoms with Gasteiger partial charge in [-0.2, -0.15) is 0 Å². The fourth-order valence-electron chi connectivity index (χ4n) is 3.77. The summed E-state index contributed by atoms with van der Waals surface area (Å²) < 4.78 is 0. The predicted molar refractivity (Wildman–Crippen MR) is 104 cm³/mol. The second kappa shape index (κ2) is 7.20. The van der Waals surface area contributed by atoms with Crippen molar-refractivity contribution in [1.29, 1.82) is 0 Å². The van der Waals surface area contributed by atoms with Gasteiger partial charge >= 0.3 is 0 Å². The van der Waals surface area contributed by atoms with E-state index in [0.29, 0.717) is 5.92 Å². The number of hydrogen-bond acceptors (Lipinski definition) is 3. The lowest BCUT2D eigenvalue weighted by atomic mass is 9.93. The molecule has 0 aliphatic carbocycles. The average Bonchev–Trinajstić information content (AvgIpc) is 3.10. The molecule has 2 N–H and O–H groups in total. The van der Waals surface area contributed by atoms with Crippen molar-refractivity contribution in [1.82, 2.24) is 14.9 Å². The molecule has 1 fully saturated rings. The maximum Gasteiger partial charge on any atom is 0.255 e. The van der Waals surface area contributed by atoms with E-state index in [2.05, 4.69) is 21.4 Å². The Kier molecular flexibility index (Phi) is 4.61. The van der Waals surface area contributed by atoms with Crippen LogP contribution in [0.3, 0.4) is 0 Å². The number of H-pyrrole nitrogens is 1. The lowest BCUT2D eigenvalue weighted by Gasteiger charge is -2.32. The van der Waals surface area contributed by atoms with E-state index in [1.54, 1.807) is 0 Å². The number of imidazole rings is 1. The van der Waals surface area contributed by atoms with E-state index >= 15 is 0 Å². The number of aromatic amines is 1. The Balaban J connectivity index is 1.38. The number of hydrogen-bond donors (Lipinski definition) is 2. The number of piperidine rings is 1. The molecule has 4 rings (SSSR count). The molecule has 5 nitrogen and oxygen atoms in total. The number of carbonyl (C=O) groups is 1. The van der Waals surface area contributed by atoms with Crippen molar-refractivity contribution < 1.29 is 4.79 Å². The first kappa shape index (κ1) is 16.6. The number of nitrogens with one attached hydrogen (secondary N) is 2. The Bertz CT molecular complexity index is 876. The zero-order chi connectivity index (χ0) is 17.9. The van der Waals surface area contributed by atoms with Crippen molar-refractivity contribution in [3.05, 3.63) is 59.9 Å². The Morgan fingerprint density at radius 3 is 2.65 bits per heavy atom. The van der Waals surface area contributed by atoms with Crippen molar-refractivity contribution in [2.75, 3.05) is 25.5 Å². The van der Waals surface area contributed by atoms with Crippen molar-refractivity contribution >= 4 is 22.6 Å². The topological polar surface area (TPSA) is 61.0 Å². The molecule has 2 heterocycles. The molecular formula is C21H24N4O. The number of nitrogens with zero attached hydrogens (tertiary/aromatic N) is 2. The third kappa shape index (κ3) is 3.29. The monoisotopic (exact) mass is 348 g/mol. The largest absolute Gasteiger partial charge is 0.387 e. The normalized spacial score (nSPS) is 15.3. The van der Waals surface area contributed by atoms with Gasteiger partial charge in [0.2, 0.25) is 0 Å².